The molecule has 3 aromatic rings. The van der Waals surface area contributed by atoms with Crippen molar-refractivity contribution in [2.24, 2.45) is 5.10 Å². The Balaban J connectivity index is 2.02. The number of anilines is 1. The minimum atomic E-state index is -0.765. The van der Waals surface area contributed by atoms with Crippen LogP contribution in [0.4, 0.5) is 11.4 Å². The predicted molar refractivity (Wildman–Crippen MR) is 103 cm³/mol. The van der Waals surface area contributed by atoms with Crippen molar-refractivity contribution in [3.63, 3.8) is 0 Å². The van der Waals surface area contributed by atoms with Crippen molar-refractivity contribution in [2.75, 3.05) is 5.43 Å². The fourth-order valence-corrected chi connectivity index (χ4v) is 2.55. The SMILES string of the molecule is O=[N+]([O-])c1cc(/C(Cc2ccccc2)=N\Nc2ccccc2)cc(O)c1O. The number of aromatic hydroxyl groups is 2. The molecule has 0 saturated heterocycles. The van der Waals surface area contributed by atoms with Gasteiger partial charge in [0.05, 0.1) is 16.3 Å². The van der Waals surface area contributed by atoms with Crippen molar-refractivity contribution in [1.82, 2.24) is 0 Å². The molecule has 3 rings (SSSR count). The third-order valence-electron chi connectivity index (χ3n) is 3.91. The fraction of sp³-hybridized carbons (Fsp3) is 0.0500. The van der Waals surface area contributed by atoms with Crippen molar-refractivity contribution >= 4 is 17.1 Å². The molecule has 0 atom stereocenters. The second kappa shape index (κ2) is 8.01. The molecule has 136 valence electrons. The lowest BCUT2D eigenvalue weighted by molar-refractivity contribution is -0.386. The number of nitro groups is 1. The smallest absolute Gasteiger partial charge is 0.315 e. The Morgan fingerprint density at radius 3 is 2.26 bits per heavy atom. The highest BCUT2D eigenvalue weighted by molar-refractivity contribution is 6.03. The van der Waals surface area contributed by atoms with E-state index in [0.29, 0.717) is 17.7 Å². The van der Waals surface area contributed by atoms with E-state index >= 15 is 0 Å². The summed E-state index contributed by atoms with van der Waals surface area (Å²) in [6.45, 7) is 0. The van der Waals surface area contributed by atoms with Gasteiger partial charge in [0.15, 0.2) is 5.75 Å². The Morgan fingerprint density at radius 2 is 1.63 bits per heavy atom. The highest BCUT2D eigenvalue weighted by Gasteiger charge is 2.21. The maximum absolute atomic E-state index is 11.2. The normalized spacial score (nSPS) is 11.2. The van der Waals surface area contributed by atoms with Crippen molar-refractivity contribution in [3.8, 4) is 11.5 Å². The first kappa shape index (κ1) is 17.9. The molecule has 3 aromatic carbocycles. The quantitative estimate of drug-likeness (QED) is 0.265. The minimum Gasteiger partial charge on any atom is -0.504 e. The van der Waals surface area contributed by atoms with E-state index in [2.05, 4.69) is 10.5 Å². The molecule has 0 aliphatic carbocycles. The number of rotatable bonds is 6. The molecule has 7 nitrogen and oxygen atoms in total. The summed E-state index contributed by atoms with van der Waals surface area (Å²) in [6.07, 6.45) is 0.377. The van der Waals surface area contributed by atoms with Crippen LogP contribution in [-0.4, -0.2) is 20.8 Å². The standard InChI is InChI=1S/C20H17N3O4/c24-19-13-15(12-18(20(19)25)23(26)27)17(11-14-7-3-1-4-8-14)22-21-16-9-5-2-6-10-16/h1-10,12-13,21,24-25H,11H2/b22-17-. The zero-order valence-electron chi connectivity index (χ0n) is 14.2. The van der Waals surface area contributed by atoms with E-state index in [1.54, 1.807) is 0 Å². The van der Waals surface area contributed by atoms with Gasteiger partial charge < -0.3 is 10.2 Å². The second-order valence-electron chi connectivity index (χ2n) is 5.82. The number of hydrogen-bond donors (Lipinski definition) is 3. The molecule has 0 fully saturated rings. The molecule has 0 amide bonds. The summed E-state index contributed by atoms with van der Waals surface area (Å²) in [5.41, 5.74) is 4.85. The van der Waals surface area contributed by atoms with Crippen LogP contribution in [0.1, 0.15) is 11.1 Å². The Morgan fingerprint density at radius 1 is 1.00 bits per heavy atom. The maximum Gasteiger partial charge on any atom is 0.315 e. The molecule has 27 heavy (non-hydrogen) atoms. The van der Waals surface area contributed by atoms with Gasteiger partial charge >= 0.3 is 5.69 Å². The van der Waals surface area contributed by atoms with Gasteiger partial charge in [-0.15, -0.1) is 0 Å². The van der Waals surface area contributed by atoms with Crippen LogP contribution in [0.15, 0.2) is 77.9 Å². The number of nitrogens with zero attached hydrogens (tertiary/aromatic N) is 2. The van der Waals surface area contributed by atoms with Gasteiger partial charge in [0.1, 0.15) is 0 Å². The molecule has 0 spiro atoms. The van der Waals surface area contributed by atoms with E-state index in [-0.39, 0.29) is 0 Å². The number of nitrogens with one attached hydrogen (secondary N) is 1. The van der Waals surface area contributed by atoms with Crippen LogP contribution in [0.5, 0.6) is 11.5 Å². The first-order chi connectivity index (χ1) is 13.0. The van der Waals surface area contributed by atoms with Crippen molar-refractivity contribution < 1.29 is 15.1 Å². The lowest BCUT2D eigenvalue weighted by Crippen LogP contribution is -2.09. The highest BCUT2D eigenvalue weighted by atomic mass is 16.6. The van der Waals surface area contributed by atoms with Crippen molar-refractivity contribution in [3.05, 3.63) is 94.0 Å². The third kappa shape index (κ3) is 4.40. The maximum atomic E-state index is 11.2. The Kier molecular flexibility index (Phi) is 5.32. The van der Waals surface area contributed by atoms with Crippen LogP contribution in [0.2, 0.25) is 0 Å². The number of hydrogen-bond acceptors (Lipinski definition) is 6. The predicted octanol–water partition coefficient (Wildman–Crippen LogP) is 4.06. The van der Waals surface area contributed by atoms with E-state index in [4.69, 9.17) is 0 Å². The summed E-state index contributed by atoms with van der Waals surface area (Å²) in [5, 5.41) is 35.2. The number of para-hydroxylation sites is 1. The highest BCUT2D eigenvalue weighted by Crippen LogP contribution is 2.36. The summed E-state index contributed by atoms with van der Waals surface area (Å²) in [4.78, 5) is 10.4. The second-order valence-corrected chi connectivity index (χ2v) is 5.82. The van der Waals surface area contributed by atoms with Crippen LogP contribution < -0.4 is 5.43 Å². The van der Waals surface area contributed by atoms with Gasteiger partial charge in [-0.1, -0.05) is 48.5 Å². The first-order valence-electron chi connectivity index (χ1n) is 8.17. The van der Waals surface area contributed by atoms with Gasteiger partial charge in [-0.3, -0.25) is 15.5 Å². The topological polar surface area (TPSA) is 108 Å². The lowest BCUT2D eigenvalue weighted by Gasteiger charge is -2.10. The van der Waals surface area contributed by atoms with Crippen LogP contribution in [0, 0.1) is 10.1 Å². The Bertz CT molecular complexity index is 973. The van der Waals surface area contributed by atoms with E-state index in [1.165, 1.54) is 12.1 Å². The van der Waals surface area contributed by atoms with Gasteiger partial charge in [-0.2, -0.15) is 5.10 Å². The van der Waals surface area contributed by atoms with Crippen molar-refractivity contribution in [1.29, 1.82) is 0 Å². The largest absolute Gasteiger partial charge is 0.504 e. The Hall–Kier alpha value is -3.87. The number of phenols is 2. The summed E-state index contributed by atoms with van der Waals surface area (Å²) in [7, 11) is 0. The summed E-state index contributed by atoms with van der Waals surface area (Å²) in [5.74, 6) is -1.33. The van der Waals surface area contributed by atoms with Gasteiger partial charge in [-0.05, 0) is 23.8 Å². The molecule has 0 aliphatic rings. The average Bonchev–Trinajstić information content (AvgIpc) is 2.68. The van der Waals surface area contributed by atoms with Crippen LogP contribution >= 0.6 is 0 Å². The monoisotopic (exact) mass is 363 g/mol. The molecule has 0 heterocycles. The van der Waals surface area contributed by atoms with E-state index in [9.17, 15) is 20.3 Å². The molecule has 0 unspecified atom stereocenters. The van der Waals surface area contributed by atoms with Crippen LogP contribution in [-0.2, 0) is 6.42 Å². The van der Waals surface area contributed by atoms with Crippen LogP contribution in [0.3, 0.4) is 0 Å². The number of benzene rings is 3. The fourth-order valence-electron chi connectivity index (χ4n) is 2.55. The van der Waals surface area contributed by atoms with E-state index in [0.717, 1.165) is 11.3 Å². The van der Waals surface area contributed by atoms with E-state index < -0.39 is 22.1 Å². The minimum absolute atomic E-state index is 0.337. The van der Waals surface area contributed by atoms with Crippen LogP contribution in [0.25, 0.3) is 0 Å². The zero-order chi connectivity index (χ0) is 19.2. The number of hydrazone groups is 1. The molecule has 0 bridgehead atoms. The zero-order valence-corrected chi connectivity index (χ0v) is 14.2. The first-order valence-corrected chi connectivity index (χ1v) is 8.17. The molecular formula is C20H17N3O4. The van der Waals surface area contributed by atoms with Gasteiger partial charge in [-0.25, -0.2) is 0 Å². The molecular weight excluding hydrogens is 346 g/mol. The molecule has 3 N–H and O–H groups in total. The average molecular weight is 363 g/mol. The molecule has 7 heteroatoms. The molecule has 0 aliphatic heterocycles. The van der Waals surface area contributed by atoms with Gasteiger partial charge in [0.25, 0.3) is 0 Å². The van der Waals surface area contributed by atoms with Gasteiger partial charge in [0.2, 0.25) is 5.75 Å². The molecule has 0 aromatic heterocycles. The van der Waals surface area contributed by atoms with E-state index in [1.807, 2.05) is 60.7 Å². The summed E-state index contributed by atoms with van der Waals surface area (Å²) in [6, 6.07) is 21.2. The van der Waals surface area contributed by atoms with Gasteiger partial charge in [0, 0.05) is 18.1 Å². The third-order valence-corrected chi connectivity index (χ3v) is 3.91. The summed E-state index contributed by atoms with van der Waals surface area (Å²) >= 11 is 0. The van der Waals surface area contributed by atoms with Crippen molar-refractivity contribution in [2.45, 2.75) is 6.42 Å². The summed E-state index contributed by atoms with van der Waals surface area (Å²) < 4.78 is 0. The molecule has 0 radical (unpaired) electrons. The lowest BCUT2D eigenvalue weighted by atomic mass is 10.0. The number of nitro benzene ring substituents is 1. The molecule has 0 saturated carbocycles. The Labute approximate surface area is 155 Å². The number of phenolic OH excluding ortho intramolecular Hbond substituents is 2.